The van der Waals surface area contributed by atoms with Gasteiger partial charge in [0.05, 0.1) is 0 Å². The Labute approximate surface area is 39.9 Å². The first kappa shape index (κ1) is 4.55. The van der Waals surface area contributed by atoms with Gasteiger partial charge in [0.15, 0.2) is 0 Å². The fourth-order valence-electron chi connectivity index (χ4n) is 0.248. The molecule has 1 atom stereocenters. The standard InChI is InChI=1S/C3H4O4/c4-2-5-3-1-6-7-3/h2-3H,1H2. The van der Waals surface area contributed by atoms with E-state index in [1.54, 1.807) is 0 Å². The number of carbonyl (C=O) groups excluding carboxylic acids is 1. The molecule has 0 N–H and O–H groups in total. The minimum atomic E-state index is -0.461. The molecule has 1 aliphatic heterocycles. The van der Waals surface area contributed by atoms with Gasteiger partial charge in [0.1, 0.15) is 6.61 Å². The van der Waals surface area contributed by atoms with Gasteiger partial charge in [-0.15, -0.1) is 0 Å². The third-order valence-corrected chi connectivity index (χ3v) is 0.587. The average Bonchev–Trinajstić information content (AvgIpc) is 1.55. The molecule has 1 unspecified atom stereocenters. The monoisotopic (exact) mass is 104 g/mol. The normalized spacial score (nSPS) is 28.3. The van der Waals surface area contributed by atoms with Crippen LogP contribution in [0.25, 0.3) is 0 Å². The van der Waals surface area contributed by atoms with Crippen molar-refractivity contribution in [1.29, 1.82) is 0 Å². The Hall–Kier alpha value is -0.610. The van der Waals surface area contributed by atoms with Crippen LogP contribution >= 0.6 is 0 Å². The van der Waals surface area contributed by atoms with E-state index in [2.05, 4.69) is 14.5 Å². The highest BCUT2D eigenvalue weighted by molar-refractivity contribution is 5.37. The summed E-state index contributed by atoms with van der Waals surface area (Å²) < 4.78 is 4.25. The minimum Gasteiger partial charge on any atom is -0.432 e. The number of hydrogen-bond donors (Lipinski definition) is 0. The third-order valence-electron chi connectivity index (χ3n) is 0.587. The fourth-order valence-corrected chi connectivity index (χ4v) is 0.248. The van der Waals surface area contributed by atoms with Gasteiger partial charge in [-0.3, -0.25) is 4.79 Å². The van der Waals surface area contributed by atoms with Crippen molar-refractivity contribution in [1.82, 2.24) is 0 Å². The Morgan fingerprint density at radius 1 is 1.86 bits per heavy atom. The Morgan fingerprint density at radius 2 is 2.57 bits per heavy atom. The van der Waals surface area contributed by atoms with Gasteiger partial charge in [0, 0.05) is 0 Å². The predicted molar refractivity (Wildman–Crippen MR) is 18.0 cm³/mol. The zero-order chi connectivity index (χ0) is 5.11. The summed E-state index contributed by atoms with van der Waals surface area (Å²) in [7, 11) is 0. The molecular weight excluding hydrogens is 100 g/mol. The fraction of sp³-hybridized carbons (Fsp3) is 0.667. The van der Waals surface area contributed by atoms with Crippen molar-refractivity contribution in [3.8, 4) is 0 Å². The molecule has 40 valence electrons. The van der Waals surface area contributed by atoms with E-state index in [1.165, 1.54) is 0 Å². The molecule has 0 aromatic rings. The lowest BCUT2D eigenvalue weighted by Crippen LogP contribution is -2.33. The first-order chi connectivity index (χ1) is 3.43. The van der Waals surface area contributed by atoms with E-state index >= 15 is 0 Å². The van der Waals surface area contributed by atoms with E-state index in [0.29, 0.717) is 13.1 Å². The highest BCUT2D eigenvalue weighted by Crippen LogP contribution is 2.04. The SMILES string of the molecule is O=COC1COO1. The number of carbonyl (C=O) groups is 1. The first-order valence-electron chi connectivity index (χ1n) is 1.81. The second-order valence-corrected chi connectivity index (χ2v) is 1.04. The minimum absolute atomic E-state index is 0.327. The van der Waals surface area contributed by atoms with E-state index in [1.807, 2.05) is 0 Å². The van der Waals surface area contributed by atoms with E-state index in [0.717, 1.165) is 0 Å². The molecule has 0 radical (unpaired) electrons. The van der Waals surface area contributed by atoms with Gasteiger partial charge in [-0.05, 0) is 0 Å². The van der Waals surface area contributed by atoms with Gasteiger partial charge in [0.25, 0.3) is 12.8 Å². The smallest absolute Gasteiger partial charge is 0.295 e. The molecule has 1 heterocycles. The van der Waals surface area contributed by atoms with Crippen LogP contribution in [0.4, 0.5) is 0 Å². The van der Waals surface area contributed by atoms with Crippen LogP contribution in [0.3, 0.4) is 0 Å². The lowest BCUT2D eigenvalue weighted by molar-refractivity contribution is -0.471. The molecule has 4 heteroatoms. The average molecular weight is 104 g/mol. The summed E-state index contributed by atoms with van der Waals surface area (Å²) in [6.07, 6.45) is -0.461. The summed E-state index contributed by atoms with van der Waals surface area (Å²) >= 11 is 0. The van der Waals surface area contributed by atoms with Crippen molar-refractivity contribution in [3.05, 3.63) is 0 Å². The van der Waals surface area contributed by atoms with Gasteiger partial charge in [-0.2, -0.15) is 4.89 Å². The Balaban J connectivity index is 2.03. The molecule has 0 spiro atoms. The second kappa shape index (κ2) is 1.90. The molecule has 7 heavy (non-hydrogen) atoms. The molecule has 0 bridgehead atoms. The van der Waals surface area contributed by atoms with E-state index < -0.39 is 6.29 Å². The van der Waals surface area contributed by atoms with Crippen molar-refractivity contribution >= 4 is 6.47 Å². The lowest BCUT2D eigenvalue weighted by Gasteiger charge is -2.21. The van der Waals surface area contributed by atoms with E-state index in [-0.39, 0.29) is 0 Å². The maximum absolute atomic E-state index is 9.45. The highest BCUT2D eigenvalue weighted by atomic mass is 17.3. The molecule has 0 aliphatic carbocycles. The van der Waals surface area contributed by atoms with Crippen LogP contribution in [0.2, 0.25) is 0 Å². The highest BCUT2D eigenvalue weighted by Gasteiger charge is 2.20. The van der Waals surface area contributed by atoms with Crippen molar-refractivity contribution in [2.45, 2.75) is 6.29 Å². The maximum atomic E-state index is 9.45. The Bertz CT molecular complexity index is 67.3. The summed E-state index contributed by atoms with van der Waals surface area (Å²) in [5, 5.41) is 0. The predicted octanol–water partition coefficient (Wildman–Crippen LogP) is -0.553. The summed E-state index contributed by atoms with van der Waals surface area (Å²) in [6.45, 7) is 0.673. The van der Waals surface area contributed by atoms with Crippen molar-refractivity contribution < 1.29 is 19.3 Å². The summed E-state index contributed by atoms with van der Waals surface area (Å²) in [4.78, 5) is 17.9. The Morgan fingerprint density at radius 3 is 2.71 bits per heavy atom. The largest absolute Gasteiger partial charge is 0.432 e. The maximum Gasteiger partial charge on any atom is 0.295 e. The van der Waals surface area contributed by atoms with Crippen LogP contribution in [0, 0.1) is 0 Å². The first-order valence-corrected chi connectivity index (χ1v) is 1.81. The Kier molecular flexibility index (Phi) is 1.24. The van der Waals surface area contributed by atoms with Crippen molar-refractivity contribution in [3.63, 3.8) is 0 Å². The summed E-state index contributed by atoms with van der Waals surface area (Å²) in [5.41, 5.74) is 0. The van der Waals surface area contributed by atoms with E-state index in [4.69, 9.17) is 0 Å². The number of ether oxygens (including phenoxy) is 1. The van der Waals surface area contributed by atoms with Crippen LogP contribution in [-0.2, 0) is 19.3 Å². The van der Waals surface area contributed by atoms with Crippen LogP contribution in [0.1, 0.15) is 0 Å². The lowest BCUT2D eigenvalue weighted by atomic mass is 10.7. The number of hydrogen-bond acceptors (Lipinski definition) is 4. The topological polar surface area (TPSA) is 44.8 Å². The van der Waals surface area contributed by atoms with Gasteiger partial charge in [-0.25, -0.2) is 4.89 Å². The quantitative estimate of drug-likeness (QED) is 0.348. The molecule has 0 aromatic carbocycles. The van der Waals surface area contributed by atoms with Crippen molar-refractivity contribution in [2.24, 2.45) is 0 Å². The van der Waals surface area contributed by atoms with Gasteiger partial charge in [-0.1, -0.05) is 0 Å². The summed E-state index contributed by atoms with van der Waals surface area (Å²) in [5.74, 6) is 0. The van der Waals surface area contributed by atoms with Crippen molar-refractivity contribution in [2.75, 3.05) is 6.61 Å². The van der Waals surface area contributed by atoms with Crippen LogP contribution in [0.5, 0.6) is 0 Å². The second-order valence-electron chi connectivity index (χ2n) is 1.04. The summed E-state index contributed by atoms with van der Waals surface area (Å²) in [6, 6.07) is 0. The van der Waals surface area contributed by atoms with Gasteiger partial charge >= 0.3 is 0 Å². The molecule has 1 saturated heterocycles. The molecule has 0 amide bonds. The zero-order valence-electron chi connectivity index (χ0n) is 3.49. The van der Waals surface area contributed by atoms with Crippen LogP contribution < -0.4 is 0 Å². The van der Waals surface area contributed by atoms with Crippen LogP contribution in [0.15, 0.2) is 0 Å². The number of rotatable bonds is 2. The van der Waals surface area contributed by atoms with Gasteiger partial charge < -0.3 is 4.74 Å². The third kappa shape index (κ3) is 0.880. The molecule has 0 saturated carbocycles. The molecule has 1 rings (SSSR count). The molecule has 1 fully saturated rings. The van der Waals surface area contributed by atoms with Crippen LogP contribution in [-0.4, -0.2) is 19.4 Å². The molecule has 0 aromatic heterocycles. The van der Waals surface area contributed by atoms with E-state index in [9.17, 15) is 4.79 Å². The molecule has 4 nitrogen and oxygen atoms in total. The zero-order valence-corrected chi connectivity index (χ0v) is 3.49. The van der Waals surface area contributed by atoms with Gasteiger partial charge in [0.2, 0.25) is 0 Å². The molecular formula is C3H4O4. The molecule has 1 aliphatic rings.